The summed E-state index contributed by atoms with van der Waals surface area (Å²) in [5, 5.41) is 2.95. The van der Waals surface area contributed by atoms with Crippen LogP contribution in [0, 0.1) is 17.6 Å². The predicted molar refractivity (Wildman–Crippen MR) is 147 cm³/mol. The Labute approximate surface area is 228 Å². The van der Waals surface area contributed by atoms with Gasteiger partial charge in [-0.2, -0.15) is 0 Å². The van der Waals surface area contributed by atoms with Gasteiger partial charge in [-0.3, -0.25) is 14.4 Å². The second-order valence-electron chi connectivity index (χ2n) is 10.3. The number of anilines is 2. The standard InChI is InChI=1S/C33H22F2N2O3/c34-21-16-13-20(14-17-21)30(38)28-29(31(39)22-8-2-4-10-24(22)35)37-26-12-6-1-7-19(26)15-18-27(37)33(28)23-9-3-5-11-25(23)36-32(33)40/h1-18,27-29H,(H,36,40)/t27-,28+,29-,33-/m0/s1. The van der Waals surface area contributed by atoms with Crippen LogP contribution in [0.15, 0.2) is 103 Å². The Bertz CT molecular complexity index is 1750. The Balaban J connectivity index is 1.55. The Morgan fingerprint density at radius 3 is 2.30 bits per heavy atom. The Morgan fingerprint density at radius 2 is 1.50 bits per heavy atom. The lowest BCUT2D eigenvalue weighted by Crippen LogP contribution is -2.51. The van der Waals surface area contributed by atoms with Crippen LogP contribution in [0.1, 0.15) is 31.8 Å². The molecular formula is C33H22F2N2O3. The maximum Gasteiger partial charge on any atom is 0.238 e. The zero-order valence-corrected chi connectivity index (χ0v) is 21.1. The average molecular weight is 533 g/mol. The molecule has 196 valence electrons. The van der Waals surface area contributed by atoms with Crippen molar-refractivity contribution in [2.75, 3.05) is 10.2 Å². The number of ketones is 2. The molecule has 0 saturated carbocycles. The number of hydrogen-bond donors (Lipinski definition) is 1. The molecule has 4 aromatic carbocycles. The maximum atomic E-state index is 15.1. The van der Waals surface area contributed by atoms with Crippen molar-refractivity contribution in [1.82, 2.24) is 0 Å². The minimum Gasteiger partial charge on any atom is -0.352 e. The summed E-state index contributed by atoms with van der Waals surface area (Å²) in [6.45, 7) is 0. The number of halogens is 2. The lowest BCUT2D eigenvalue weighted by Gasteiger charge is -2.37. The molecule has 3 aliphatic rings. The zero-order valence-electron chi connectivity index (χ0n) is 21.1. The molecule has 0 bridgehead atoms. The fraction of sp³-hybridized carbons (Fsp3) is 0.121. The fourth-order valence-electron chi connectivity index (χ4n) is 6.73. The summed E-state index contributed by atoms with van der Waals surface area (Å²) in [6.07, 6.45) is 3.74. The largest absolute Gasteiger partial charge is 0.352 e. The Morgan fingerprint density at radius 1 is 0.800 bits per heavy atom. The minimum absolute atomic E-state index is 0.159. The molecule has 4 atom stereocenters. The van der Waals surface area contributed by atoms with Crippen LogP contribution in [-0.2, 0) is 10.2 Å². The van der Waals surface area contributed by atoms with E-state index in [1.165, 1.54) is 42.5 Å². The monoisotopic (exact) mass is 532 g/mol. The molecule has 0 aromatic heterocycles. The molecule has 1 fully saturated rings. The number of amides is 1. The topological polar surface area (TPSA) is 66.5 Å². The molecule has 7 rings (SSSR count). The van der Waals surface area contributed by atoms with Gasteiger partial charge in [0, 0.05) is 16.9 Å². The first-order chi connectivity index (χ1) is 19.4. The lowest BCUT2D eigenvalue weighted by molar-refractivity contribution is -0.121. The summed E-state index contributed by atoms with van der Waals surface area (Å²) < 4.78 is 29.0. The number of Topliss-reactive ketones (excluding diaryl/α,β-unsaturated/α-hetero) is 2. The molecule has 7 heteroatoms. The van der Waals surface area contributed by atoms with Crippen LogP contribution in [-0.4, -0.2) is 29.6 Å². The maximum absolute atomic E-state index is 15.1. The first-order valence-corrected chi connectivity index (χ1v) is 13.0. The number of carbonyl (C=O) groups excluding carboxylic acids is 3. The molecule has 1 N–H and O–H groups in total. The molecule has 0 aliphatic carbocycles. The minimum atomic E-state index is -1.52. The summed E-state index contributed by atoms with van der Waals surface area (Å²) >= 11 is 0. The van der Waals surface area contributed by atoms with Gasteiger partial charge in [0.15, 0.2) is 11.6 Å². The molecule has 3 aliphatic heterocycles. The summed E-state index contributed by atoms with van der Waals surface area (Å²) in [5.41, 5.74) is 1.08. The number of benzene rings is 4. The van der Waals surface area contributed by atoms with E-state index in [0.717, 1.165) is 5.56 Å². The van der Waals surface area contributed by atoms with E-state index in [9.17, 15) is 18.8 Å². The van der Waals surface area contributed by atoms with Gasteiger partial charge in [0.1, 0.15) is 23.1 Å². The van der Waals surface area contributed by atoms with Crippen LogP contribution in [0.2, 0.25) is 0 Å². The predicted octanol–water partition coefficient (Wildman–Crippen LogP) is 5.82. The van der Waals surface area contributed by atoms with Crippen LogP contribution in [0.3, 0.4) is 0 Å². The van der Waals surface area contributed by atoms with Gasteiger partial charge in [0.2, 0.25) is 5.91 Å². The van der Waals surface area contributed by atoms with E-state index in [1.54, 1.807) is 35.2 Å². The van der Waals surface area contributed by atoms with Crippen molar-refractivity contribution in [3.05, 3.63) is 137 Å². The highest BCUT2D eigenvalue weighted by atomic mass is 19.1. The molecule has 1 spiro atoms. The van der Waals surface area contributed by atoms with Crippen molar-refractivity contribution < 1.29 is 23.2 Å². The van der Waals surface area contributed by atoms with Crippen LogP contribution in [0.25, 0.3) is 6.08 Å². The number of para-hydroxylation sites is 2. The van der Waals surface area contributed by atoms with Crippen molar-refractivity contribution in [1.29, 1.82) is 0 Å². The number of hydrogen-bond acceptors (Lipinski definition) is 4. The summed E-state index contributed by atoms with van der Waals surface area (Å²) in [5.74, 6) is -4.01. The van der Waals surface area contributed by atoms with Gasteiger partial charge in [-0.15, -0.1) is 0 Å². The molecule has 3 heterocycles. The number of carbonyl (C=O) groups is 3. The van der Waals surface area contributed by atoms with Crippen molar-refractivity contribution in [3.8, 4) is 0 Å². The van der Waals surface area contributed by atoms with Crippen LogP contribution >= 0.6 is 0 Å². The molecule has 40 heavy (non-hydrogen) atoms. The second-order valence-corrected chi connectivity index (χ2v) is 10.3. The van der Waals surface area contributed by atoms with Crippen LogP contribution in [0.4, 0.5) is 20.2 Å². The highest BCUT2D eigenvalue weighted by Gasteiger charge is 2.70. The fourth-order valence-corrected chi connectivity index (χ4v) is 6.73. The molecule has 4 aromatic rings. The van der Waals surface area contributed by atoms with E-state index < -0.39 is 52.5 Å². The Kier molecular flexibility index (Phi) is 5.32. The average Bonchev–Trinajstić information content (AvgIpc) is 3.45. The summed E-state index contributed by atoms with van der Waals surface area (Å²) in [7, 11) is 0. The van der Waals surface area contributed by atoms with Gasteiger partial charge in [0.05, 0.1) is 17.5 Å². The summed E-state index contributed by atoms with van der Waals surface area (Å²) in [4.78, 5) is 45.0. The van der Waals surface area contributed by atoms with Crippen molar-refractivity contribution in [2.45, 2.75) is 17.5 Å². The highest BCUT2D eigenvalue weighted by molar-refractivity contribution is 6.18. The molecule has 5 nitrogen and oxygen atoms in total. The smallest absolute Gasteiger partial charge is 0.238 e. The highest BCUT2D eigenvalue weighted by Crippen LogP contribution is 2.58. The van der Waals surface area contributed by atoms with Crippen LogP contribution < -0.4 is 10.2 Å². The third-order valence-corrected chi connectivity index (χ3v) is 8.36. The second kappa shape index (κ2) is 8.81. The first-order valence-electron chi connectivity index (χ1n) is 13.0. The van der Waals surface area contributed by atoms with Gasteiger partial charge in [-0.25, -0.2) is 8.78 Å². The van der Waals surface area contributed by atoms with E-state index in [0.29, 0.717) is 16.9 Å². The van der Waals surface area contributed by atoms with E-state index in [2.05, 4.69) is 5.32 Å². The van der Waals surface area contributed by atoms with Gasteiger partial charge < -0.3 is 10.2 Å². The van der Waals surface area contributed by atoms with Crippen LogP contribution in [0.5, 0.6) is 0 Å². The molecule has 1 amide bonds. The lowest BCUT2D eigenvalue weighted by atomic mass is 9.64. The zero-order chi connectivity index (χ0) is 27.6. The number of fused-ring (bicyclic) bond motifs is 6. The molecule has 1 saturated heterocycles. The number of rotatable bonds is 4. The van der Waals surface area contributed by atoms with E-state index in [1.807, 2.05) is 36.4 Å². The summed E-state index contributed by atoms with van der Waals surface area (Å²) in [6, 6.07) is 23.3. The normalized spacial score (nSPS) is 23.9. The van der Waals surface area contributed by atoms with Crippen molar-refractivity contribution >= 4 is 34.9 Å². The third kappa shape index (κ3) is 3.21. The van der Waals surface area contributed by atoms with Crippen molar-refractivity contribution in [2.24, 2.45) is 5.92 Å². The molecule has 0 radical (unpaired) electrons. The van der Waals surface area contributed by atoms with Gasteiger partial charge in [0.25, 0.3) is 0 Å². The molecular weight excluding hydrogens is 510 g/mol. The Hall–Kier alpha value is -4.91. The van der Waals surface area contributed by atoms with E-state index in [-0.39, 0.29) is 11.1 Å². The van der Waals surface area contributed by atoms with Gasteiger partial charge in [-0.1, -0.05) is 60.7 Å². The first kappa shape index (κ1) is 24.2. The van der Waals surface area contributed by atoms with Crippen molar-refractivity contribution in [3.63, 3.8) is 0 Å². The number of nitrogens with one attached hydrogen (secondary N) is 1. The third-order valence-electron chi connectivity index (χ3n) is 8.36. The number of nitrogens with zero attached hydrogens (tertiary/aromatic N) is 1. The van der Waals surface area contributed by atoms with E-state index in [4.69, 9.17) is 0 Å². The SMILES string of the molecule is O=C(c1ccccc1F)[C@@H]1[C@H](C(=O)c2ccc(F)cc2)[C@@]2(C(=O)Nc3ccccc32)[C@@H]2C=Cc3ccccc3N12. The van der Waals surface area contributed by atoms with Gasteiger partial charge in [-0.05, 0) is 59.7 Å². The molecule has 0 unspecified atom stereocenters. The van der Waals surface area contributed by atoms with E-state index >= 15 is 4.39 Å². The van der Waals surface area contributed by atoms with Gasteiger partial charge >= 0.3 is 0 Å². The quantitative estimate of drug-likeness (QED) is 0.337.